The second-order valence-corrected chi connectivity index (χ2v) is 5.64. The number of carbonyl (C=O) groups excluding carboxylic acids is 2. The number of amides is 2. The normalized spacial score (nSPS) is 10.6. The van der Waals surface area contributed by atoms with Crippen molar-refractivity contribution in [2.75, 3.05) is 17.7 Å². The first-order chi connectivity index (χ1) is 12.4. The molecule has 9 heteroatoms. The van der Waals surface area contributed by atoms with E-state index in [0.717, 1.165) is 0 Å². The molecule has 26 heavy (non-hydrogen) atoms. The molecule has 0 atom stereocenters. The summed E-state index contributed by atoms with van der Waals surface area (Å²) in [6.07, 6.45) is 0.847. The van der Waals surface area contributed by atoms with Gasteiger partial charge in [-0.1, -0.05) is 6.07 Å². The minimum absolute atomic E-state index is 0.250. The van der Waals surface area contributed by atoms with Crippen molar-refractivity contribution in [2.45, 2.75) is 6.92 Å². The Morgan fingerprint density at radius 1 is 1.27 bits per heavy atom. The summed E-state index contributed by atoms with van der Waals surface area (Å²) in [6, 6.07) is 6.98. The number of anilines is 3. The molecule has 0 aliphatic heterocycles. The summed E-state index contributed by atoms with van der Waals surface area (Å²) >= 11 is 0. The van der Waals surface area contributed by atoms with E-state index in [1.54, 1.807) is 36.0 Å². The smallest absolute Gasteiger partial charge is 0.411 e. The summed E-state index contributed by atoms with van der Waals surface area (Å²) in [5.74, 6) is -0.603. The number of carbonyl (C=O) groups is 2. The Kier molecular flexibility index (Phi) is 4.44. The van der Waals surface area contributed by atoms with Gasteiger partial charge in [0.15, 0.2) is 5.65 Å². The number of aryl methyl sites for hydroxylation is 2. The maximum Gasteiger partial charge on any atom is 0.411 e. The van der Waals surface area contributed by atoms with Gasteiger partial charge in [-0.05, 0) is 25.1 Å². The summed E-state index contributed by atoms with van der Waals surface area (Å²) in [6.45, 7) is 1.83. The number of hydrogen-bond acceptors (Lipinski definition) is 6. The molecule has 0 fully saturated rings. The Labute approximate surface area is 149 Å². The third-order valence-electron chi connectivity index (χ3n) is 3.86. The van der Waals surface area contributed by atoms with Gasteiger partial charge in [-0.2, -0.15) is 5.10 Å². The number of nitrogens with one attached hydrogen (secondary N) is 2. The van der Waals surface area contributed by atoms with Crippen molar-refractivity contribution >= 4 is 40.1 Å². The molecule has 9 nitrogen and oxygen atoms in total. The minimum Gasteiger partial charge on any atom is -0.453 e. The molecule has 3 aromatic rings. The molecule has 2 aromatic heterocycles. The molecule has 0 saturated carbocycles. The van der Waals surface area contributed by atoms with Crippen molar-refractivity contribution in [1.82, 2.24) is 14.8 Å². The van der Waals surface area contributed by atoms with Crippen molar-refractivity contribution in [3.63, 3.8) is 0 Å². The number of nitrogens with two attached hydrogens (primary N) is 1. The van der Waals surface area contributed by atoms with E-state index in [4.69, 9.17) is 5.73 Å². The average molecular weight is 354 g/mol. The van der Waals surface area contributed by atoms with Gasteiger partial charge in [0.2, 0.25) is 0 Å². The first kappa shape index (κ1) is 17.2. The van der Waals surface area contributed by atoms with Crippen LogP contribution in [0.15, 0.2) is 30.5 Å². The lowest BCUT2D eigenvalue weighted by atomic mass is 10.1. The van der Waals surface area contributed by atoms with Gasteiger partial charge in [0.1, 0.15) is 0 Å². The van der Waals surface area contributed by atoms with Gasteiger partial charge in [0.05, 0.1) is 29.4 Å². The molecule has 0 aliphatic carbocycles. The number of hydrogen-bond donors (Lipinski definition) is 3. The van der Waals surface area contributed by atoms with E-state index < -0.39 is 12.0 Å². The molecule has 134 valence electrons. The molecule has 0 saturated heterocycles. The number of pyridine rings is 1. The Hall–Kier alpha value is -3.62. The fraction of sp³-hybridized carbons (Fsp3) is 0.176. The minimum atomic E-state index is -0.603. The Morgan fingerprint density at radius 2 is 2.00 bits per heavy atom. The van der Waals surface area contributed by atoms with Crippen LogP contribution in [0, 0.1) is 6.92 Å². The Morgan fingerprint density at radius 3 is 2.69 bits per heavy atom. The third kappa shape index (κ3) is 3.14. The molecule has 0 bridgehead atoms. The lowest BCUT2D eigenvalue weighted by molar-refractivity contribution is 0.100. The van der Waals surface area contributed by atoms with Crippen molar-refractivity contribution in [3.8, 4) is 0 Å². The van der Waals surface area contributed by atoms with Gasteiger partial charge in [-0.3, -0.25) is 14.8 Å². The predicted octanol–water partition coefficient (Wildman–Crippen LogP) is 2.30. The number of ether oxygens (including phenoxy) is 1. The monoisotopic (exact) mass is 354 g/mol. The molecule has 0 radical (unpaired) electrons. The van der Waals surface area contributed by atoms with E-state index in [0.29, 0.717) is 33.8 Å². The van der Waals surface area contributed by atoms with Crippen LogP contribution in [0.5, 0.6) is 0 Å². The van der Waals surface area contributed by atoms with Crippen LogP contribution in [0.25, 0.3) is 11.0 Å². The second-order valence-electron chi connectivity index (χ2n) is 5.64. The summed E-state index contributed by atoms with van der Waals surface area (Å²) in [7, 11) is 3.06. The van der Waals surface area contributed by atoms with Crippen molar-refractivity contribution in [2.24, 2.45) is 12.8 Å². The van der Waals surface area contributed by atoms with E-state index in [1.165, 1.54) is 13.3 Å². The summed E-state index contributed by atoms with van der Waals surface area (Å²) in [5, 5.41) is 10.8. The molecule has 4 N–H and O–H groups in total. The molecule has 0 unspecified atom stereocenters. The lowest BCUT2D eigenvalue weighted by Gasteiger charge is -2.13. The zero-order valence-electron chi connectivity index (χ0n) is 14.5. The van der Waals surface area contributed by atoms with Crippen LogP contribution in [0.3, 0.4) is 0 Å². The number of benzene rings is 1. The highest BCUT2D eigenvalue weighted by atomic mass is 16.5. The molecular formula is C17H18N6O3. The molecular weight excluding hydrogens is 336 g/mol. The summed E-state index contributed by atoms with van der Waals surface area (Å²) < 4.78 is 6.22. The highest BCUT2D eigenvalue weighted by molar-refractivity contribution is 6.07. The van der Waals surface area contributed by atoms with Crippen LogP contribution in [-0.4, -0.2) is 33.9 Å². The lowest BCUT2D eigenvalue weighted by Crippen LogP contribution is -2.14. The number of primary amides is 1. The Balaban J connectivity index is 2.08. The molecule has 3 rings (SSSR count). The largest absolute Gasteiger partial charge is 0.453 e. The Bertz CT molecular complexity index is 1010. The first-order valence-electron chi connectivity index (χ1n) is 7.75. The van der Waals surface area contributed by atoms with Gasteiger partial charge in [-0.25, -0.2) is 9.78 Å². The zero-order chi connectivity index (χ0) is 18.8. The van der Waals surface area contributed by atoms with Crippen molar-refractivity contribution in [3.05, 3.63) is 41.7 Å². The standard InChI is InChI=1S/C17H18N6O3/c1-9-13-14(12(15(18)24)8-19-16(13)23(2)22-9)20-10-5-4-6-11(7-10)21-17(25)26-3/h4-8H,1-3H3,(H2,18,24)(H,19,20)(H,21,25). The van der Waals surface area contributed by atoms with Gasteiger partial charge >= 0.3 is 6.09 Å². The maximum atomic E-state index is 11.9. The molecule has 2 amide bonds. The fourth-order valence-electron chi connectivity index (χ4n) is 2.72. The fourth-order valence-corrected chi connectivity index (χ4v) is 2.72. The first-order valence-corrected chi connectivity index (χ1v) is 7.75. The van der Waals surface area contributed by atoms with E-state index in [1.807, 2.05) is 6.92 Å². The van der Waals surface area contributed by atoms with E-state index in [-0.39, 0.29) is 5.56 Å². The highest BCUT2D eigenvalue weighted by Gasteiger charge is 2.18. The molecule has 0 aliphatic rings. The van der Waals surface area contributed by atoms with Crippen LogP contribution in [0.4, 0.5) is 21.9 Å². The average Bonchev–Trinajstić information content (AvgIpc) is 2.89. The van der Waals surface area contributed by atoms with Gasteiger partial charge in [-0.15, -0.1) is 0 Å². The topological polar surface area (TPSA) is 124 Å². The summed E-state index contributed by atoms with van der Waals surface area (Å²) in [5.41, 5.74) is 8.80. The van der Waals surface area contributed by atoms with Crippen LogP contribution in [0.2, 0.25) is 0 Å². The van der Waals surface area contributed by atoms with E-state index in [2.05, 4.69) is 25.5 Å². The highest BCUT2D eigenvalue weighted by Crippen LogP contribution is 2.31. The number of fused-ring (bicyclic) bond motifs is 1. The number of methoxy groups -OCH3 is 1. The maximum absolute atomic E-state index is 11.9. The van der Waals surface area contributed by atoms with Crippen LogP contribution >= 0.6 is 0 Å². The van der Waals surface area contributed by atoms with E-state index >= 15 is 0 Å². The molecule has 1 aromatic carbocycles. The summed E-state index contributed by atoms with van der Waals surface area (Å²) in [4.78, 5) is 27.5. The predicted molar refractivity (Wildman–Crippen MR) is 97.5 cm³/mol. The SMILES string of the molecule is COC(=O)Nc1cccc(Nc2c(C(N)=O)cnc3c2c(C)nn3C)c1. The van der Waals surface area contributed by atoms with Crippen molar-refractivity contribution < 1.29 is 14.3 Å². The van der Waals surface area contributed by atoms with Gasteiger partial charge in [0.25, 0.3) is 5.91 Å². The number of aromatic nitrogens is 3. The van der Waals surface area contributed by atoms with Crippen LogP contribution in [0.1, 0.15) is 16.1 Å². The third-order valence-corrected chi connectivity index (χ3v) is 3.86. The number of nitrogens with zero attached hydrogens (tertiary/aromatic N) is 3. The van der Waals surface area contributed by atoms with E-state index in [9.17, 15) is 9.59 Å². The molecule has 0 spiro atoms. The molecule has 2 heterocycles. The van der Waals surface area contributed by atoms with Gasteiger partial charge in [0, 0.05) is 24.6 Å². The second kappa shape index (κ2) is 6.71. The van der Waals surface area contributed by atoms with Gasteiger partial charge < -0.3 is 15.8 Å². The quantitative estimate of drug-likeness (QED) is 0.660. The van der Waals surface area contributed by atoms with Crippen molar-refractivity contribution in [1.29, 1.82) is 0 Å². The van der Waals surface area contributed by atoms with Crippen LogP contribution < -0.4 is 16.4 Å². The number of rotatable bonds is 4. The zero-order valence-corrected chi connectivity index (χ0v) is 14.5. The van der Waals surface area contributed by atoms with Crippen LogP contribution in [-0.2, 0) is 11.8 Å².